The minimum Gasteiger partial charge on any atom is -0.490 e. The lowest BCUT2D eigenvalue weighted by Gasteiger charge is -2.13. The number of ether oxygens (including phenoxy) is 1. The monoisotopic (exact) mass is 466 g/mol. The summed E-state index contributed by atoms with van der Waals surface area (Å²) in [5.74, 6) is 0.280. The van der Waals surface area contributed by atoms with Crippen LogP contribution in [-0.4, -0.2) is 17.9 Å². The topological polar surface area (TPSA) is 67.4 Å². The maximum absolute atomic E-state index is 12.5. The molecule has 0 unspecified atom stereocenters. The highest BCUT2D eigenvalue weighted by atomic mass is 79.9. The van der Waals surface area contributed by atoms with Gasteiger partial charge >= 0.3 is 0 Å². The van der Waals surface area contributed by atoms with Crippen LogP contribution in [0.2, 0.25) is 0 Å². The normalized spacial score (nSPS) is 10.6. The van der Waals surface area contributed by atoms with Gasteiger partial charge in [-0.05, 0) is 91.3 Å². The number of benzene rings is 3. The molecule has 0 heterocycles. The fourth-order valence-electron chi connectivity index (χ4n) is 2.82. The van der Waals surface area contributed by atoms with E-state index >= 15 is 0 Å². The van der Waals surface area contributed by atoms with Crippen molar-refractivity contribution in [2.75, 3.05) is 10.6 Å². The van der Waals surface area contributed by atoms with Gasteiger partial charge in [-0.25, -0.2) is 0 Å². The minimum atomic E-state index is -0.233. The van der Waals surface area contributed by atoms with Gasteiger partial charge in [0.1, 0.15) is 5.75 Å². The van der Waals surface area contributed by atoms with E-state index in [1.54, 1.807) is 48.5 Å². The van der Waals surface area contributed by atoms with Crippen molar-refractivity contribution in [1.29, 1.82) is 0 Å². The first-order valence-corrected chi connectivity index (χ1v) is 10.4. The van der Waals surface area contributed by atoms with Gasteiger partial charge in [-0.1, -0.05) is 17.7 Å². The third-order valence-electron chi connectivity index (χ3n) is 4.24. The fraction of sp³-hybridized carbons (Fsp3) is 0.167. The molecule has 2 N–H and O–H groups in total. The summed E-state index contributed by atoms with van der Waals surface area (Å²) < 4.78 is 6.39. The highest BCUT2D eigenvalue weighted by molar-refractivity contribution is 9.10. The maximum Gasteiger partial charge on any atom is 0.255 e. The Labute approximate surface area is 184 Å². The molecular weight excluding hydrogens is 444 g/mol. The second kappa shape index (κ2) is 9.59. The van der Waals surface area contributed by atoms with Crippen molar-refractivity contribution < 1.29 is 14.3 Å². The molecule has 5 nitrogen and oxygen atoms in total. The minimum absolute atomic E-state index is 0.0471. The van der Waals surface area contributed by atoms with E-state index in [4.69, 9.17) is 4.74 Å². The van der Waals surface area contributed by atoms with Crippen LogP contribution in [0.3, 0.4) is 0 Å². The zero-order valence-corrected chi connectivity index (χ0v) is 18.6. The van der Waals surface area contributed by atoms with Crippen LogP contribution >= 0.6 is 15.9 Å². The smallest absolute Gasteiger partial charge is 0.255 e. The summed E-state index contributed by atoms with van der Waals surface area (Å²) in [7, 11) is 0. The number of carbonyl (C=O) groups excluding carboxylic acids is 2. The molecule has 0 atom stereocenters. The van der Waals surface area contributed by atoms with E-state index in [9.17, 15) is 9.59 Å². The van der Waals surface area contributed by atoms with E-state index in [2.05, 4.69) is 26.6 Å². The van der Waals surface area contributed by atoms with E-state index in [0.29, 0.717) is 28.3 Å². The molecule has 0 saturated carbocycles. The number of hydrogen-bond acceptors (Lipinski definition) is 3. The molecule has 3 rings (SSSR count). The Bertz CT molecular complexity index is 1060. The second-order valence-electron chi connectivity index (χ2n) is 7.17. The van der Waals surface area contributed by atoms with Gasteiger partial charge < -0.3 is 15.4 Å². The predicted molar refractivity (Wildman–Crippen MR) is 123 cm³/mol. The Kier molecular flexibility index (Phi) is 6.90. The van der Waals surface area contributed by atoms with Gasteiger partial charge in [0.25, 0.3) is 11.8 Å². The molecule has 0 saturated heterocycles. The van der Waals surface area contributed by atoms with Crippen LogP contribution in [-0.2, 0) is 0 Å². The summed E-state index contributed by atoms with van der Waals surface area (Å²) in [6.07, 6.45) is 0.0471. The SMILES string of the molecule is Cc1cccc(C(=O)Nc2ccc(NC(=O)c3ccc(OC(C)C)c(Br)c3)cc2)c1. The largest absolute Gasteiger partial charge is 0.490 e. The van der Waals surface area contributed by atoms with E-state index in [-0.39, 0.29) is 17.9 Å². The van der Waals surface area contributed by atoms with Crippen molar-refractivity contribution in [3.8, 4) is 5.75 Å². The molecule has 3 aromatic rings. The average molecular weight is 467 g/mol. The van der Waals surface area contributed by atoms with Gasteiger partial charge in [0.2, 0.25) is 0 Å². The van der Waals surface area contributed by atoms with E-state index in [1.165, 1.54) is 0 Å². The summed E-state index contributed by atoms with van der Waals surface area (Å²) in [5, 5.41) is 5.71. The van der Waals surface area contributed by atoms with Crippen LogP contribution in [0.4, 0.5) is 11.4 Å². The van der Waals surface area contributed by atoms with Crippen LogP contribution in [0.25, 0.3) is 0 Å². The summed E-state index contributed by atoms with van der Waals surface area (Å²) in [5.41, 5.74) is 3.42. The molecular formula is C24H23BrN2O3. The second-order valence-corrected chi connectivity index (χ2v) is 8.02. The highest BCUT2D eigenvalue weighted by Gasteiger charge is 2.11. The predicted octanol–water partition coefficient (Wildman–Crippen LogP) is 6.05. The number of hydrogen-bond donors (Lipinski definition) is 2. The molecule has 30 heavy (non-hydrogen) atoms. The molecule has 0 aliphatic rings. The summed E-state index contributed by atoms with van der Waals surface area (Å²) >= 11 is 3.44. The first-order chi connectivity index (χ1) is 14.3. The Hall–Kier alpha value is -3.12. The molecule has 0 fully saturated rings. The summed E-state index contributed by atoms with van der Waals surface area (Å²) in [6.45, 7) is 5.83. The number of amides is 2. The fourth-order valence-corrected chi connectivity index (χ4v) is 3.29. The Balaban J connectivity index is 1.63. The molecule has 0 bridgehead atoms. The van der Waals surface area contributed by atoms with Crippen molar-refractivity contribution in [3.63, 3.8) is 0 Å². The third kappa shape index (κ3) is 5.70. The van der Waals surface area contributed by atoms with E-state index < -0.39 is 0 Å². The lowest BCUT2D eigenvalue weighted by Crippen LogP contribution is -2.13. The number of anilines is 2. The van der Waals surface area contributed by atoms with Gasteiger partial charge in [0.05, 0.1) is 10.6 Å². The zero-order valence-electron chi connectivity index (χ0n) is 17.0. The van der Waals surface area contributed by atoms with Crippen LogP contribution in [0.15, 0.2) is 71.2 Å². The number of rotatable bonds is 6. The molecule has 0 aliphatic heterocycles. The maximum atomic E-state index is 12.5. The molecule has 3 aromatic carbocycles. The standard InChI is InChI=1S/C24H23BrN2O3/c1-15(2)30-22-12-7-18(14-21(22)25)24(29)27-20-10-8-19(9-11-20)26-23(28)17-6-4-5-16(3)13-17/h4-15H,1-3H3,(H,26,28)(H,27,29). The first kappa shape index (κ1) is 21.6. The van der Waals surface area contributed by atoms with Crippen molar-refractivity contribution in [2.45, 2.75) is 26.9 Å². The first-order valence-electron chi connectivity index (χ1n) is 9.57. The summed E-state index contributed by atoms with van der Waals surface area (Å²) in [4.78, 5) is 24.9. The number of halogens is 1. The van der Waals surface area contributed by atoms with Crippen molar-refractivity contribution >= 4 is 39.1 Å². The zero-order chi connectivity index (χ0) is 21.7. The molecule has 0 aliphatic carbocycles. The van der Waals surface area contributed by atoms with Gasteiger partial charge in [-0.15, -0.1) is 0 Å². The van der Waals surface area contributed by atoms with Crippen LogP contribution in [0.1, 0.15) is 40.1 Å². The quantitative estimate of drug-likeness (QED) is 0.464. The van der Waals surface area contributed by atoms with Gasteiger partial charge in [-0.2, -0.15) is 0 Å². The Morgan fingerprint density at radius 1 is 0.833 bits per heavy atom. The van der Waals surface area contributed by atoms with E-state index in [1.807, 2.05) is 39.0 Å². The molecule has 0 aromatic heterocycles. The molecule has 6 heteroatoms. The number of carbonyl (C=O) groups is 2. The average Bonchev–Trinajstić information content (AvgIpc) is 2.70. The van der Waals surface area contributed by atoms with Crippen molar-refractivity contribution in [2.24, 2.45) is 0 Å². The lowest BCUT2D eigenvalue weighted by atomic mass is 10.1. The molecule has 0 radical (unpaired) electrons. The molecule has 0 spiro atoms. The van der Waals surface area contributed by atoms with Gasteiger partial charge in [0.15, 0.2) is 0 Å². The Morgan fingerprint density at radius 2 is 1.40 bits per heavy atom. The number of nitrogens with one attached hydrogen (secondary N) is 2. The van der Waals surface area contributed by atoms with Gasteiger partial charge in [0, 0.05) is 22.5 Å². The lowest BCUT2D eigenvalue weighted by molar-refractivity contribution is 0.101. The molecule has 154 valence electrons. The van der Waals surface area contributed by atoms with Crippen LogP contribution < -0.4 is 15.4 Å². The molecule has 2 amide bonds. The van der Waals surface area contributed by atoms with Crippen molar-refractivity contribution in [1.82, 2.24) is 0 Å². The van der Waals surface area contributed by atoms with Crippen LogP contribution in [0, 0.1) is 6.92 Å². The van der Waals surface area contributed by atoms with Gasteiger partial charge in [-0.3, -0.25) is 9.59 Å². The van der Waals surface area contributed by atoms with Crippen LogP contribution in [0.5, 0.6) is 5.75 Å². The summed E-state index contributed by atoms with van der Waals surface area (Å²) in [6, 6.07) is 19.6. The Morgan fingerprint density at radius 3 is 1.90 bits per heavy atom. The van der Waals surface area contributed by atoms with E-state index in [0.717, 1.165) is 10.0 Å². The third-order valence-corrected chi connectivity index (χ3v) is 4.86. The van der Waals surface area contributed by atoms with Crippen molar-refractivity contribution in [3.05, 3.63) is 87.9 Å². The number of aryl methyl sites for hydroxylation is 1. The highest BCUT2D eigenvalue weighted by Crippen LogP contribution is 2.27.